The second-order valence-electron chi connectivity index (χ2n) is 5.86. The standard InChI is InChI=1S/C20H11ClF3N3O2/c21-14-6-7-18(28)13(8-14)11-26-27-17(12-4-2-1-3-5-12)9-16(20(22,23)24)15(10-25)19(27)29/h1-9,11,28H/b26-11+. The number of nitrogens with zero attached hydrogens (tertiary/aromatic N) is 3. The van der Waals surface area contributed by atoms with E-state index in [4.69, 9.17) is 16.9 Å². The molecule has 0 bridgehead atoms. The van der Waals surface area contributed by atoms with Crippen LogP contribution in [0.3, 0.4) is 0 Å². The molecule has 0 amide bonds. The highest BCUT2D eigenvalue weighted by atomic mass is 35.5. The molecule has 146 valence electrons. The molecule has 0 saturated carbocycles. The van der Waals surface area contributed by atoms with Crippen molar-refractivity contribution in [1.82, 2.24) is 4.68 Å². The van der Waals surface area contributed by atoms with E-state index in [0.717, 1.165) is 6.21 Å². The molecule has 0 unspecified atom stereocenters. The highest BCUT2D eigenvalue weighted by Crippen LogP contribution is 2.33. The Labute approximate surface area is 167 Å². The summed E-state index contributed by atoms with van der Waals surface area (Å²) in [5, 5.41) is 23.2. The van der Waals surface area contributed by atoms with E-state index in [1.54, 1.807) is 18.2 Å². The second-order valence-corrected chi connectivity index (χ2v) is 6.29. The van der Waals surface area contributed by atoms with Crippen molar-refractivity contribution in [2.75, 3.05) is 0 Å². The van der Waals surface area contributed by atoms with E-state index in [1.807, 2.05) is 0 Å². The first-order valence-corrected chi connectivity index (χ1v) is 8.46. The fourth-order valence-electron chi connectivity index (χ4n) is 2.61. The van der Waals surface area contributed by atoms with Crippen molar-refractivity contribution in [3.8, 4) is 23.1 Å². The summed E-state index contributed by atoms with van der Waals surface area (Å²) in [6.45, 7) is 0. The lowest BCUT2D eigenvalue weighted by Gasteiger charge is -2.14. The van der Waals surface area contributed by atoms with Crippen molar-refractivity contribution < 1.29 is 18.3 Å². The number of alkyl halides is 3. The zero-order valence-corrected chi connectivity index (χ0v) is 15.2. The largest absolute Gasteiger partial charge is 0.507 e. The van der Waals surface area contributed by atoms with Crippen LogP contribution in [0.4, 0.5) is 13.2 Å². The summed E-state index contributed by atoms with van der Waals surface area (Å²) < 4.78 is 40.9. The van der Waals surface area contributed by atoms with Crippen molar-refractivity contribution in [3.63, 3.8) is 0 Å². The van der Waals surface area contributed by atoms with Crippen LogP contribution in [0.15, 0.2) is 64.5 Å². The topological polar surface area (TPSA) is 78.4 Å². The molecule has 0 aliphatic carbocycles. The smallest absolute Gasteiger partial charge is 0.417 e. The van der Waals surface area contributed by atoms with Crippen molar-refractivity contribution in [2.24, 2.45) is 5.10 Å². The zero-order chi connectivity index (χ0) is 21.2. The normalized spacial score (nSPS) is 11.6. The molecular weight excluding hydrogens is 407 g/mol. The number of phenols is 1. The summed E-state index contributed by atoms with van der Waals surface area (Å²) in [5.41, 5.74) is -3.40. The van der Waals surface area contributed by atoms with Crippen molar-refractivity contribution in [1.29, 1.82) is 5.26 Å². The summed E-state index contributed by atoms with van der Waals surface area (Å²) >= 11 is 5.87. The SMILES string of the molecule is N#Cc1c(C(F)(F)F)cc(-c2ccccc2)n(/N=C/c2cc(Cl)ccc2O)c1=O. The van der Waals surface area contributed by atoms with Gasteiger partial charge in [-0.25, -0.2) is 0 Å². The first-order valence-electron chi connectivity index (χ1n) is 8.08. The Hall–Kier alpha value is -3.57. The average molecular weight is 418 g/mol. The van der Waals surface area contributed by atoms with Gasteiger partial charge in [0.15, 0.2) is 0 Å². The Morgan fingerprint density at radius 2 is 1.83 bits per heavy atom. The van der Waals surface area contributed by atoms with E-state index in [1.165, 1.54) is 36.4 Å². The molecule has 1 N–H and O–H groups in total. The van der Waals surface area contributed by atoms with E-state index >= 15 is 0 Å². The number of hydrogen-bond acceptors (Lipinski definition) is 4. The molecule has 0 saturated heterocycles. The van der Waals surface area contributed by atoms with Crippen LogP contribution in [0, 0.1) is 11.3 Å². The Morgan fingerprint density at radius 1 is 1.14 bits per heavy atom. The van der Waals surface area contributed by atoms with Gasteiger partial charge < -0.3 is 5.11 Å². The number of aromatic nitrogens is 1. The van der Waals surface area contributed by atoms with Gasteiger partial charge in [-0.1, -0.05) is 41.9 Å². The highest BCUT2D eigenvalue weighted by Gasteiger charge is 2.36. The first-order chi connectivity index (χ1) is 13.7. The third-order valence-corrected chi connectivity index (χ3v) is 4.21. The molecule has 29 heavy (non-hydrogen) atoms. The Balaban J connectivity index is 2.30. The molecular formula is C20H11ClF3N3O2. The van der Waals surface area contributed by atoms with Crippen molar-refractivity contribution in [2.45, 2.75) is 6.18 Å². The minimum atomic E-state index is -4.90. The van der Waals surface area contributed by atoms with Crippen LogP contribution in [0.1, 0.15) is 16.7 Å². The number of hydrogen-bond donors (Lipinski definition) is 1. The maximum atomic E-state index is 13.4. The lowest BCUT2D eigenvalue weighted by molar-refractivity contribution is -0.137. The Bertz CT molecular complexity index is 1200. The summed E-state index contributed by atoms with van der Waals surface area (Å²) in [4.78, 5) is 12.7. The van der Waals surface area contributed by atoms with Gasteiger partial charge >= 0.3 is 6.18 Å². The number of pyridine rings is 1. The predicted molar refractivity (Wildman–Crippen MR) is 102 cm³/mol. The van der Waals surface area contributed by atoms with Gasteiger partial charge in [-0.05, 0) is 24.3 Å². The second kappa shape index (κ2) is 7.81. The van der Waals surface area contributed by atoms with Crippen LogP contribution < -0.4 is 5.56 Å². The van der Waals surface area contributed by atoms with Gasteiger partial charge in [0.2, 0.25) is 0 Å². The predicted octanol–water partition coefficient (Wildman–Crippen LogP) is 4.65. The van der Waals surface area contributed by atoms with Crippen LogP contribution in [0.2, 0.25) is 5.02 Å². The van der Waals surface area contributed by atoms with E-state index in [0.29, 0.717) is 10.7 Å². The van der Waals surface area contributed by atoms with Crippen molar-refractivity contribution in [3.05, 3.63) is 86.7 Å². The first kappa shape index (κ1) is 20.2. The maximum Gasteiger partial charge on any atom is 0.417 e. The molecule has 0 aliphatic heterocycles. The van der Waals surface area contributed by atoms with E-state index in [2.05, 4.69) is 5.10 Å². The molecule has 0 fully saturated rings. The number of benzene rings is 2. The Kier molecular flexibility index (Phi) is 5.43. The van der Waals surface area contributed by atoms with Gasteiger partial charge in [0.1, 0.15) is 17.4 Å². The minimum Gasteiger partial charge on any atom is -0.507 e. The van der Waals surface area contributed by atoms with Gasteiger partial charge in [0, 0.05) is 16.1 Å². The van der Waals surface area contributed by atoms with Gasteiger partial charge in [-0.15, -0.1) is 0 Å². The number of phenolic OH excluding ortho intramolecular Hbond substituents is 1. The maximum absolute atomic E-state index is 13.4. The van der Waals surface area contributed by atoms with E-state index in [-0.39, 0.29) is 27.6 Å². The monoisotopic (exact) mass is 417 g/mol. The van der Waals surface area contributed by atoms with Crippen LogP contribution >= 0.6 is 11.6 Å². The molecule has 1 aromatic heterocycles. The zero-order valence-electron chi connectivity index (χ0n) is 14.5. The molecule has 0 aliphatic rings. The number of nitriles is 1. The van der Waals surface area contributed by atoms with E-state index < -0.39 is 22.9 Å². The lowest BCUT2D eigenvalue weighted by Crippen LogP contribution is -2.26. The number of halogens is 4. The minimum absolute atomic E-state index is 0.141. The molecule has 0 radical (unpaired) electrons. The molecule has 0 atom stereocenters. The van der Waals surface area contributed by atoms with Gasteiger partial charge in [0.05, 0.1) is 17.5 Å². The van der Waals surface area contributed by atoms with Gasteiger partial charge in [0.25, 0.3) is 5.56 Å². The van der Waals surface area contributed by atoms with Crippen LogP contribution in [0.25, 0.3) is 11.3 Å². The molecule has 3 rings (SSSR count). The summed E-state index contributed by atoms with van der Waals surface area (Å²) in [6, 6.07) is 13.9. The summed E-state index contributed by atoms with van der Waals surface area (Å²) in [5.74, 6) is -0.195. The lowest BCUT2D eigenvalue weighted by atomic mass is 10.0. The average Bonchev–Trinajstić information content (AvgIpc) is 2.68. The summed E-state index contributed by atoms with van der Waals surface area (Å²) in [6.07, 6.45) is -3.83. The molecule has 1 heterocycles. The molecule has 5 nitrogen and oxygen atoms in total. The molecule has 3 aromatic rings. The van der Waals surface area contributed by atoms with Crippen molar-refractivity contribution >= 4 is 17.8 Å². The third-order valence-electron chi connectivity index (χ3n) is 3.97. The van der Waals surface area contributed by atoms with E-state index in [9.17, 15) is 23.1 Å². The highest BCUT2D eigenvalue weighted by molar-refractivity contribution is 6.30. The van der Waals surface area contributed by atoms with Gasteiger partial charge in [-0.2, -0.15) is 28.2 Å². The molecule has 9 heteroatoms. The fourth-order valence-corrected chi connectivity index (χ4v) is 2.79. The van der Waals surface area contributed by atoms with Crippen LogP contribution in [0.5, 0.6) is 5.75 Å². The fraction of sp³-hybridized carbons (Fsp3) is 0.0500. The quantitative estimate of drug-likeness (QED) is 0.630. The van der Waals surface area contributed by atoms with Gasteiger partial charge in [-0.3, -0.25) is 4.79 Å². The number of rotatable bonds is 3. The summed E-state index contributed by atoms with van der Waals surface area (Å²) in [7, 11) is 0. The third kappa shape index (κ3) is 4.15. The molecule has 0 spiro atoms. The molecule has 2 aromatic carbocycles. The van der Waals surface area contributed by atoms with Crippen LogP contribution in [-0.2, 0) is 6.18 Å². The number of aromatic hydroxyl groups is 1. The van der Waals surface area contributed by atoms with Crippen LogP contribution in [-0.4, -0.2) is 16.0 Å². The Morgan fingerprint density at radius 3 is 2.45 bits per heavy atom.